The van der Waals surface area contributed by atoms with Crippen molar-refractivity contribution in [2.75, 3.05) is 13.2 Å². The topological polar surface area (TPSA) is 55.4 Å². The molecule has 0 aliphatic rings. The molecule has 0 saturated heterocycles. The van der Waals surface area contributed by atoms with Gasteiger partial charge in [0.15, 0.2) is 11.6 Å². The van der Waals surface area contributed by atoms with Crippen LogP contribution in [-0.4, -0.2) is 21.6 Å². The van der Waals surface area contributed by atoms with E-state index >= 15 is 0 Å². The van der Waals surface area contributed by atoms with Crippen molar-refractivity contribution in [3.8, 4) is 17.6 Å². The quantitative estimate of drug-likeness (QED) is 0.826. The highest BCUT2D eigenvalue weighted by molar-refractivity contribution is 7.88. The first-order valence-electron chi connectivity index (χ1n) is 6.91. The van der Waals surface area contributed by atoms with Crippen LogP contribution in [-0.2, 0) is 15.8 Å². The number of hydrogen-bond donors (Lipinski definition) is 1. The summed E-state index contributed by atoms with van der Waals surface area (Å²) < 4.78 is 44.5. The van der Waals surface area contributed by atoms with Gasteiger partial charge in [-0.25, -0.2) is 17.5 Å². The van der Waals surface area contributed by atoms with E-state index < -0.39 is 15.8 Å². The molecular formula is C17H16FNO3S. The molecule has 0 aliphatic carbocycles. The van der Waals surface area contributed by atoms with E-state index in [0.717, 1.165) is 0 Å². The lowest BCUT2D eigenvalue weighted by atomic mass is 10.2. The van der Waals surface area contributed by atoms with Gasteiger partial charge >= 0.3 is 0 Å². The minimum Gasteiger partial charge on any atom is -0.478 e. The third kappa shape index (κ3) is 6.10. The monoisotopic (exact) mass is 333 g/mol. The van der Waals surface area contributed by atoms with Crippen LogP contribution in [0.5, 0.6) is 5.75 Å². The number of ether oxygens (including phenoxy) is 1. The summed E-state index contributed by atoms with van der Waals surface area (Å²) in [6, 6.07) is 14.9. The van der Waals surface area contributed by atoms with Crippen molar-refractivity contribution < 1.29 is 17.5 Å². The molecule has 0 unspecified atom stereocenters. The maximum absolute atomic E-state index is 13.3. The van der Waals surface area contributed by atoms with Crippen LogP contribution in [0.15, 0.2) is 54.6 Å². The molecule has 0 heterocycles. The van der Waals surface area contributed by atoms with Crippen LogP contribution in [0.3, 0.4) is 0 Å². The van der Waals surface area contributed by atoms with Gasteiger partial charge in [-0.1, -0.05) is 54.3 Å². The zero-order valence-electron chi connectivity index (χ0n) is 12.3. The molecule has 1 N–H and O–H groups in total. The summed E-state index contributed by atoms with van der Waals surface area (Å²) in [5.41, 5.74) is 0.704. The van der Waals surface area contributed by atoms with Crippen LogP contribution in [0.2, 0.25) is 0 Å². The maximum Gasteiger partial charge on any atom is 0.216 e. The molecule has 0 spiro atoms. The van der Waals surface area contributed by atoms with E-state index in [0.29, 0.717) is 5.56 Å². The Labute approximate surface area is 135 Å². The third-order valence-corrected chi connectivity index (χ3v) is 4.14. The number of sulfonamides is 1. The Balaban J connectivity index is 1.76. The number of hydrogen-bond acceptors (Lipinski definition) is 3. The Morgan fingerprint density at radius 1 is 1.00 bits per heavy atom. The van der Waals surface area contributed by atoms with Crippen molar-refractivity contribution in [2.45, 2.75) is 5.75 Å². The molecule has 0 atom stereocenters. The van der Waals surface area contributed by atoms with Crippen molar-refractivity contribution >= 4 is 10.0 Å². The average molecular weight is 333 g/mol. The van der Waals surface area contributed by atoms with Crippen molar-refractivity contribution in [3.05, 3.63) is 66.0 Å². The summed E-state index contributed by atoms with van der Waals surface area (Å²) in [5, 5.41) is 0. The first kappa shape index (κ1) is 17.0. The van der Waals surface area contributed by atoms with Crippen molar-refractivity contribution in [2.24, 2.45) is 0 Å². The van der Waals surface area contributed by atoms with E-state index in [1.54, 1.807) is 36.4 Å². The maximum atomic E-state index is 13.3. The Kier molecular flexibility index (Phi) is 6.15. The lowest BCUT2D eigenvalue weighted by Gasteiger charge is -2.04. The average Bonchev–Trinajstić information content (AvgIpc) is 2.53. The van der Waals surface area contributed by atoms with Gasteiger partial charge in [0.25, 0.3) is 0 Å². The van der Waals surface area contributed by atoms with Gasteiger partial charge in [-0.3, -0.25) is 0 Å². The van der Waals surface area contributed by atoms with Crippen LogP contribution >= 0.6 is 0 Å². The highest BCUT2D eigenvalue weighted by Crippen LogP contribution is 2.14. The number of benzene rings is 2. The van der Waals surface area contributed by atoms with E-state index in [1.807, 2.05) is 6.07 Å². The van der Waals surface area contributed by atoms with Gasteiger partial charge in [-0.15, -0.1) is 0 Å². The molecule has 0 saturated carbocycles. The smallest absolute Gasteiger partial charge is 0.216 e. The number of rotatable bonds is 6. The summed E-state index contributed by atoms with van der Waals surface area (Å²) in [6.07, 6.45) is 0. The van der Waals surface area contributed by atoms with Crippen LogP contribution in [0.25, 0.3) is 0 Å². The standard InChI is InChI=1S/C17H16FNO3S/c18-16-10-4-5-11-17(16)22-13-7-6-12-19-23(20,21)14-15-8-2-1-3-9-15/h1-5,8-11,19H,12-14H2. The normalized spacial score (nSPS) is 10.7. The summed E-state index contributed by atoms with van der Waals surface area (Å²) in [6.45, 7) is -0.0306. The molecule has 2 rings (SSSR count). The Bertz CT molecular complexity index is 795. The Morgan fingerprint density at radius 3 is 2.43 bits per heavy atom. The van der Waals surface area contributed by atoms with E-state index in [1.165, 1.54) is 12.1 Å². The summed E-state index contributed by atoms with van der Waals surface area (Å²) >= 11 is 0. The fourth-order valence-corrected chi connectivity index (χ4v) is 2.81. The van der Waals surface area contributed by atoms with E-state index in [2.05, 4.69) is 16.6 Å². The first-order valence-corrected chi connectivity index (χ1v) is 8.56. The molecule has 0 aromatic heterocycles. The highest BCUT2D eigenvalue weighted by atomic mass is 32.2. The molecule has 0 fully saturated rings. The SMILES string of the molecule is O=S(=O)(Cc1ccccc1)NCC#CCOc1ccccc1F. The van der Waals surface area contributed by atoms with Crippen molar-refractivity contribution in [1.82, 2.24) is 4.72 Å². The second-order valence-corrected chi connectivity index (χ2v) is 6.45. The highest BCUT2D eigenvalue weighted by Gasteiger charge is 2.09. The molecule has 4 nitrogen and oxygen atoms in total. The molecular weight excluding hydrogens is 317 g/mol. The summed E-state index contributed by atoms with van der Waals surface area (Å²) in [4.78, 5) is 0. The van der Waals surface area contributed by atoms with E-state index in [-0.39, 0.29) is 24.7 Å². The predicted octanol–water partition coefficient (Wildman–Crippen LogP) is 2.33. The van der Waals surface area contributed by atoms with Crippen LogP contribution in [0.1, 0.15) is 5.56 Å². The minimum atomic E-state index is -3.43. The molecule has 0 aliphatic heterocycles. The minimum absolute atomic E-state index is 0.0126. The molecule has 120 valence electrons. The molecule has 0 bridgehead atoms. The van der Waals surface area contributed by atoms with Gasteiger partial charge < -0.3 is 4.74 Å². The van der Waals surface area contributed by atoms with Gasteiger partial charge in [0, 0.05) is 0 Å². The summed E-state index contributed by atoms with van der Waals surface area (Å²) in [5.74, 6) is 4.82. The number of para-hydroxylation sites is 1. The van der Waals surface area contributed by atoms with Gasteiger partial charge in [-0.2, -0.15) is 0 Å². The van der Waals surface area contributed by atoms with Crippen molar-refractivity contribution in [3.63, 3.8) is 0 Å². The van der Waals surface area contributed by atoms with Gasteiger partial charge in [0.05, 0.1) is 12.3 Å². The molecule has 6 heteroatoms. The fraction of sp³-hybridized carbons (Fsp3) is 0.176. The predicted molar refractivity (Wildman–Crippen MR) is 86.7 cm³/mol. The lowest BCUT2D eigenvalue weighted by molar-refractivity contribution is 0.348. The van der Waals surface area contributed by atoms with E-state index in [9.17, 15) is 12.8 Å². The Hall–Kier alpha value is -2.36. The second kappa shape index (κ2) is 8.32. The van der Waals surface area contributed by atoms with Crippen molar-refractivity contribution in [1.29, 1.82) is 0 Å². The Morgan fingerprint density at radius 2 is 1.70 bits per heavy atom. The summed E-state index contributed by atoms with van der Waals surface area (Å²) in [7, 11) is -3.43. The van der Waals surface area contributed by atoms with Crippen LogP contribution in [0, 0.1) is 17.7 Å². The zero-order valence-corrected chi connectivity index (χ0v) is 13.1. The van der Waals surface area contributed by atoms with E-state index in [4.69, 9.17) is 4.74 Å². The van der Waals surface area contributed by atoms with Crippen LogP contribution < -0.4 is 9.46 Å². The number of halogens is 1. The molecule has 23 heavy (non-hydrogen) atoms. The second-order valence-electron chi connectivity index (χ2n) is 4.64. The van der Waals surface area contributed by atoms with Crippen LogP contribution in [0.4, 0.5) is 4.39 Å². The lowest BCUT2D eigenvalue weighted by Crippen LogP contribution is -2.25. The molecule has 2 aromatic rings. The zero-order chi connectivity index (χ0) is 16.5. The third-order valence-electron chi connectivity index (χ3n) is 2.84. The molecule has 0 radical (unpaired) electrons. The molecule has 2 aromatic carbocycles. The number of nitrogens with one attached hydrogen (secondary N) is 1. The van der Waals surface area contributed by atoms with Gasteiger partial charge in [0.1, 0.15) is 6.61 Å². The fourth-order valence-electron chi connectivity index (χ4n) is 1.78. The largest absolute Gasteiger partial charge is 0.478 e. The van der Waals surface area contributed by atoms with Gasteiger partial charge in [0.2, 0.25) is 10.0 Å². The van der Waals surface area contributed by atoms with Gasteiger partial charge in [-0.05, 0) is 17.7 Å². The first-order chi connectivity index (χ1) is 11.1. The molecule has 0 amide bonds.